The van der Waals surface area contributed by atoms with E-state index in [1.807, 2.05) is 29.2 Å². The van der Waals surface area contributed by atoms with Gasteiger partial charge in [0.25, 0.3) is 0 Å². The Kier molecular flexibility index (Phi) is 6.43. The van der Waals surface area contributed by atoms with E-state index in [-0.39, 0.29) is 11.4 Å². The SMILES string of the molecule is CC(C)(CNC(=O)N1CCN(C2CCOCC2)CC1)c1ccc(Cl)cc1. The van der Waals surface area contributed by atoms with E-state index in [1.165, 1.54) is 5.56 Å². The standard InChI is InChI=1S/C20H30ClN3O2/c1-20(2,16-3-5-17(21)6-4-16)15-22-19(25)24-11-9-23(10-12-24)18-7-13-26-14-8-18/h3-6,18H,7-15H2,1-2H3,(H,22,25). The number of nitrogens with one attached hydrogen (secondary N) is 1. The lowest BCUT2D eigenvalue weighted by Gasteiger charge is -2.40. The first kappa shape index (κ1) is 19.5. The van der Waals surface area contributed by atoms with Crippen molar-refractivity contribution >= 4 is 17.6 Å². The Morgan fingerprint density at radius 2 is 1.77 bits per heavy atom. The van der Waals surface area contributed by atoms with E-state index in [9.17, 15) is 4.79 Å². The maximum Gasteiger partial charge on any atom is 0.317 e. The average molecular weight is 380 g/mol. The van der Waals surface area contributed by atoms with Crippen molar-refractivity contribution in [2.75, 3.05) is 45.9 Å². The summed E-state index contributed by atoms with van der Waals surface area (Å²) < 4.78 is 5.45. The Hall–Kier alpha value is -1.30. The van der Waals surface area contributed by atoms with Crippen LogP contribution in [-0.4, -0.2) is 67.8 Å². The van der Waals surface area contributed by atoms with Gasteiger partial charge in [-0.3, -0.25) is 4.90 Å². The molecule has 26 heavy (non-hydrogen) atoms. The van der Waals surface area contributed by atoms with Crippen LogP contribution in [0.5, 0.6) is 0 Å². The summed E-state index contributed by atoms with van der Waals surface area (Å²) in [6.07, 6.45) is 2.23. The highest BCUT2D eigenvalue weighted by Gasteiger charge is 2.28. The van der Waals surface area contributed by atoms with Gasteiger partial charge in [-0.25, -0.2) is 4.79 Å². The van der Waals surface area contributed by atoms with Crippen molar-refractivity contribution in [1.29, 1.82) is 0 Å². The summed E-state index contributed by atoms with van der Waals surface area (Å²) >= 11 is 5.97. The summed E-state index contributed by atoms with van der Waals surface area (Å²) in [6, 6.07) is 8.52. The van der Waals surface area contributed by atoms with Crippen LogP contribution in [0, 0.1) is 0 Å². The molecule has 5 nitrogen and oxygen atoms in total. The number of benzene rings is 1. The normalized spacial score (nSPS) is 20.2. The van der Waals surface area contributed by atoms with Gasteiger partial charge >= 0.3 is 6.03 Å². The third-order valence-corrected chi connectivity index (χ3v) is 5.87. The topological polar surface area (TPSA) is 44.8 Å². The monoisotopic (exact) mass is 379 g/mol. The van der Waals surface area contributed by atoms with E-state index in [0.717, 1.165) is 57.3 Å². The van der Waals surface area contributed by atoms with E-state index >= 15 is 0 Å². The number of hydrogen-bond acceptors (Lipinski definition) is 3. The molecule has 3 rings (SSSR count). The summed E-state index contributed by atoms with van der Waals surface area (Å²) in [5.41, 5.74) is 1.04. The van der Waals surface area contributed by atoms with Crippen molar-refractivity contribution in [2.24, 2.45) is 0 Å². The third kappa shape index (κ3) is 4.90. The summed E-state index contributed by atoms with van der Waals surface area (Å²) in [5, 5.41) is 3.85. The van der Waals surface area contributed by atoms with Gasteiger partial charge in [-0.05, 0) is 30.5 Å². The molecule has 0 bridgehead atoms. The van der Waals surface area contributed by atoms with Crippen LogP contribution in [-0.2, 0) is 10.2 Å². The predicted molar refractivity (Wildman–Crippen MR) is 105 cm³/mol. The maximum atomic E-state index is 12.6. The minimum absolute atomic E-state index is 0.0404. The van der Waals surface area contributed by atoms with Gasteiger partial charge in [-0.1, -0.05) is 37.6 Å². The largest absolute Gasteiger partial charge is 0.381 e. The maximum absolute atomic E-state index is 12.6. The van der Waals surface area contributed by atoms with Crippen LogP contribution in [0.1, 0.15) is 32.3 Å². The molecule has 0 aromatic heterocycles. The molecule has 2 amide bonds. The smallest absolute Gasteiger partial charge is 0.317 e. The number of halogens is 1. The second-order valence-electron chi connectivity index (χ2n) is 7.92. The molecule has 0 aliphatic carbocycles. The van der Waals surface area contributed by atoms with E-state index in [1.54, 1.807) is 0 Å². The molecule has 0 unspecified atom stereocenters. The number of piperazine rings is 1. The zero-order valence-electron chi connectivity index (χ0n) is 15.8. The molecule has 2 heterocycles. The molecule has 6 heteroatoms. The van der Waals surface area contributed by atoms with Crippen molar-refractivity contribution in [3.8, 4) is 0 Å². The Bertz CT molecular complexity index is 592. The van der Waals surface area contributed by atoms with Crippen LogP contribution in [0.2, 0.25) is 5.02 Å². The molecular formula is C20H30ClN3O2. The van der Waals surface area contributed by atoms with Gasteiger partial charge in [0.05, 0.1) is 0 Å². The lowest BCUT2D eigenvalue weighted by molar-refractivity contribution is 0.0187. The third-order valence-electron chi connectivity index (χ3n) is 5.62. The minimum atomic E-state index is -0.135. The van der Waals surface area contributed by atoms with Crippen molar-refractivity contribution in [2.45, 2.75) is 38.1 Å². The fourth-order valence-corrected chi connectivity index (χ4v) is 3.88. The first-order chi connectivity index (χ1) is 12.5. The van der Waals surface area contributed by atoms with Crippen LogP contribution in [0.4, 0.5) is 4.79 Å². The number of amides is 2. The van der Waals surface area contributed by atoms with Gasteiger partial charge in [0.1, 0.15) is 0 Å². The summed E-state index contributed by atoms with van der Waals surface area (Å²) in [6.45, 7) is 10.1. The van der Waals surface area contributed by atoms with Crippen molar-refractivity contribution < 1.29 is 9.53 Å². The average Bonchev–Trinajstić information content (AvgIpc) is 2.67. The first-order valence-electron chi connectivity index (χ1n) is 9.56. The van der Waals surface area contributed by atoms with Gasteiger partial charge < -0.3 is 15.0 Å². The molecule has 0 radical (unpaired) electrons. The summed E-state index contributed by atoms with van der Waals surface area (Å²) in [4.78, 5) is 17.0. The highest BCUT2D eigenvalue weighted by molar-refractivity contribution is 6.30. The Morgan fingerprint density at radius 3 is 2.38 bits per heavy atom. The molecule has 144 valence electrons. The molecule has 0 spiro atoms. The number of nitrogens with zero attached hydrogens (tertiary/aromatic N) is 2. The van der Waals surface area contributed by atoms with Crippen molar-refractivity contribution in [3.63, 3.8) is 0 Å². The number of hydrogen-bond donors (Lipinski definition) is 1. The molecule has 2 aliphatic rings. The lowest BCUT2D eigenvalue weighted by Crippen LogP contribution is -2.55. The summed E-state index contributed by atoms with van der Waals surface area (Å²) in [7, 11) is 0. The second kappa shape index (κ2) is 8.59. The summed E-state index contributed by atoms with van der Waals surface area (Å²) in [5.74, 6) is 0. The zero-order chi connectivity index (χ0) is 18.6. The van der Waals surface area contributed by atoms with Crippen LogP contribution in [0.3, 0.4) is 0 Å². The fourth-order valence-electron chi connectivity index (χ4n) is 3.75. The van der Waals surface area contributed by atoms with Crippen LogP contribution >= 0.6 is 11.6 Å². The van der Waals surface area contributed by atoms with Gasteiger partial charge in [0.15, 0.2) is 0 Å². The molecule has 2 fully saturated rings. The number of carbonyl (C=O) groups excluding carboxylic acids is 1. The van der Waals surface area contributed by atoms with Crippen LogP contribution < -0.4 is 5.32 Å². The van der Waals surface area contributed by atoms with E-state index in [4.69, 9.17) is 16.3 Å². The Morgan fingerprint density at radius 1 is 1.15 bits per heavy atom. The van der Waals surface area contributed by atoms with Crippen molar-refractivity contribution in [1.82, 2.24) is 15.1 Å². The first-order valence-corrected chi connectivity index (χ1v) is 9.94. The van der Waals surface area contributed by atoms with E-state index < -0.39 is 0 Å². The predicted octanol–water partition coefficient (Wildman–Crippen LogP) is 3.12. The molecule has 1 N–H and O–H groups in total. The van der Waals surface area contributed by atoms with E-state index in [2.05, 4.69) is 24.1 Å². The molecule has 0 saturated carbocycles. The zero-order valence-corrected chi connectivity index (χ0v) is 16.6. The molecule has 1 aromatic carbocycles. The number of rotatable bonds is 4. The Balaban J connectivity index is 1.46. The molecule has 2 aliphatic heterocycles. The number of carbonyl (C=O) groups is 1. The van der Waals surface area contributed by atoms with Crippen LogP contribution in [0.15, 0.2) is 24.3 Å². The number of urea groups is 1. The lowest BCUT2D eigenvalue weighted by atomic mass is 9.85. The van der Waals surface area contributed by atoms with Crippen LogP contribution in [0.25, 0.3) is 0 Å². The highest BCUT2D eigenvalue weighted by Crippen LogP contribution is 2.24. The van der Waals surface area contributed by atoms with Gasteiger partial charge in [-0.2, -0.15) is 0 Å². The molecular weight excluding hydrogens is 350 g/mol. The quantitative estimate of drug-likeness (QED) is 0.874. The number of ether oxygens (including phenoxy) is 1. The van der Waals surface area contributed by atoms with Gasteiger partial charge in [-0.15, -0.1) is 0 Å². The van der Waals surface area contributed by atoms with Gasteiger partial charge in [0.2, 0.25) is 0 Å². The fraction of sp³-hybridized carbons (Fsp3) is 0.650. The molecule has 0 atom stereocenters. The van der Waals surface area contributed by atoms with E-state index in [0.29, 0.717) is 12.6 Å². The van der Waals surface area contributed by atoms with Gasteiger partial charge in [0, 0.05) is 62.4 Å². The molecule has 1 aromatic rings. The Labute approximate surface area is 161 Å². The molecule has 2 saturated heterocycles. The highest BCUT2D eigenvalue weighted by atomic mass is 35.5. The minimum Gasteiger partial charge on any atom is -0.381 e. The second-order valence-corrected chi connectivity index (χ2v) is 8.35. The van der Waals surface area contributed by atoms with Crippen molar-refractivity contribution in [3.05, 3.63) is 34.9 Å².